The second-order valence-electron chi connectivity index (χ2n) is 3.39. The van der Waals surface area contributed by atoms with Gasteiger partial charge in [0.25, 0.3) is 0 Å². The summed E-state index contributed by atoms with van der Waals surface area (Å²) >= 11 is 0. The van der Waals surface area contributed by atoms with Crippen LogP contribution in [0.4, 0.5) is 11.6 Å². The van der Waals surface area contributed by atoms with E-state index in [9.17, 15) is 4.79 Å². The van der Waals surface area contributed by atoms with Gasteiger partial charge in [0.2, 0.25) is 5.91 Å². The zero-order valence-corrected chi connectivity index (χ0v) is 9.60. The number of nitrogens with zero attached hydrogens (tertiary/aromatic N) is 3. The van der Waals surface area contributed by atoms with Crippen LogP contribution in [0.3, 0.4) is 0 Å². The third-order valence-electron chi connectivity index (χ3n) is 2.09. The molecule has 1 amide bonds. The van der Waals surface area contributed by atoms with Crippen LogP contribution in [0.25, 0.3) is 0 Å². The molecule has 1 heterocycles. The number of rotatable bonds is 5. The summed E-state index contributed by atoms with van der Waals surface area (Å²) in [4.78, 5) is 21.3. The van der Waals surface area contributed by atoms with E-state index in [0.717, 1.165) is 13.0 Å². The summed E-state index contributed by atoms with van der Waals surface area (Å²) in [6.45, 7) is 3.08. The Hall–Kier alpha value is -1.85. The Balaban J connectivity index is 2.76. The Labute approximate surface area is 94.9 Å². The van der Waals surface area contributed by atoms with E-state index in [0.29, 0.717) is 11.6 Å². The average Bonchev–Trinajstić information content (AvgIpc) is 2.29. The van der Waals surface area contributed by atoms with Gasteiger partial charge >= 0.3 is 0 Å². The molecule has 6 nitrogen and oxygen atoms in total. The minimum Gasteiger partial charge on any atom is -0.382 e. The van der Waals surface area contributed by atoms with E-state index in [1.807, 2.05) is 11.8 Å². The first-order chi connectivity index (χ1) is 7.67. The van der Waals surface area contributed by atoms with Crippen molar-refractivity contribution in [2.24, 2.45) is 0 Å². The highest BCUT2D eigenvalue weighted by Gasteiger charge is 2.10. The predicted molar refractivity (Wildman–Crippen MR) is 63.0 cm³/mol. The second-order valence-corrected chi connectivity index (χ2v) is 3.39. The zero-order chi connectivity index (χ0) is 12.0. The first-order valence-electron chi connectivity index (χ1n) is 5.20. The van der Waals surface area contributed by atoms with Crippen molar-refractivity contribution in [3.8, 4) is 0 Å². The topological polar surface area (TPSA) is 84.1 Å². The summed E-state index contributed by atoms with van der Waals surface area (Å²) in [5, 5.41) is 2.58. The Morgan fingerprint density at radius 3 is 2.75 bits per heavy atom. The predicted octanol–water partition coefficient (Wildman–Crippen LogP) is 0.0212. The molecule has 0 saturated heterocycles. The number of nitrogens with one attached hydrogen (secondary N) is 1. The van der Waals surface area contributed by atoms with Gasteiger partial charge in [-0.1, -0.05) is 6.92 Å². The maximum Gasteiger partial charge on any atom is 0.239 e. The largest absolute Gasteiger partial charge is 0.382 e. The molecule has 1 aromatic heterocycles. The molecule has 0 aliphatic carbocycles. The molecule has 0 unspecified atom stereocenters. The van der Waals surface area contributed by atoms with Gasteiger partial charge in [-0.05, 0) is 6.42 Å². The third kappa shape index (κ3) is 3.38. The number of hydrogen-bond acceptors (Lipinski definition) is 5. The van der Waals surface area contributed by atoms with Crippen molar-refractivity contribution >= 4 is 17.5 Å². The lowest BCUT2D eigenvalue weighted by atomic mass is 10.4. The number of hydrogen-bond donors (Lipinski definition) is 2. The Morgan fingerprint density at radius 2 is 2.25 bits per heavy atom. The van der Waals surface area contributed by atoms with Gasteiger partial charge in [0.15, 0.2) is 0 Å². The lowest BCUT2D eigenvalue weighted by molar-refractivity contribution is -0.119. The van der Waals surface area contributed by atoms with Crippen LogP contribution in [0.5, 0.6) is 0 Å². The molecule has 0 atom stereocenters. The summed E-state index contributed by atoms with van der Waals surface area (Å²) in [6, 6.07) is 0. The highest BCUT2D eigenvalue weighted by atomic mass is 16.1. The summed E-state index contributed by atoms with van der Waals surface area (Å²) in [5.41, 5.74) is 5.46. The van der Waals surface area contributed by atoms with Crippen LogP contribution in [0.15, 0.2) is 12.4 Å². The smallest absolute Gasteiger partial charge is 0.239 e. The van der Waals surface area contributed by atoms with Crippen LogP contribution in [-0.2, 0) is 4.79 Å². The molecule has 0 aliphatic heterocycles. The molecule has 0 fully saturated rings. The Kier molecular flexibility index (Phi) is 4.50. The minimum absolute atomic E-state index is 0.0490. The number of aromatic nitrogens is 2. The molecule has 1 aromatic rings. The van der Waals surface area contributed by atoms with Gasteiger partial charge in [0.1, 0.15) is 11.6 Å². The van der Waals surface area contributed by atoms with Crippen LogP contribution in [0.1, 0.15) is 13.3 Å². The van der Waals surface area contributed by atoms with Gasteiger partial charge in [0.05, 0.1) is 18.9 Å². The third-order valence-corrected chi connectivity index (χ3v) is 2.09. The number of carbonyl (C=O) groups is 1. The lowest BCUT2D eigenvalue weighted by Gasteiger charge is -2.21. The normalized spacial score (nSPS) is 9.88. The molecule has 16 heavy (non-hydrogen) atoms. The molecule has 88 valence electrons. The van der Waals surface area contributed by atoms with Gasteiger partial charge in [0, 0.05) is 13.6 Å². The van der Waals surface area contributed by atoms with Gasteiger partial charge in [-0.2, -0.15) is 0 Å². The molecule has 0 aromatic carbocycles. The molecule has 0 aliphatic rings. The fourth-order valence-corrected chi connectivity index (χ4v) is 1.29. The number of nitrogen functional groups attached to an aromatic ring is 1. The van der Waals surface area contributed by atoms with Gasteiger partial charge < -0.3 is 16.0 Å². The quantitative estimate of drug-likeness (QED) is 0.735. The molecule has 0 spiro atoms. The van der Waals surface area contributed by atoms with Crippen molar-refractivity contribution in [1.29, 1.82) is 0 Å². The van der Waals surface area contributed by atoms with Crippen molar-refractivity contribution in [2.45, 2.75) is 13.3 Å². The molecule has 3 N–H and O–H groups in total. The summed E-state index contributed by atoms with van der Waals surface area (Å²) in [7, 11) is 1.61. The number of likely N-dealkylation sites (N-methyl/N-ethyl adjacent to an activating group) is 1. The Morgan fingerprint density at radius 1 is 1.50 bits per heavy atom. The second kappa shape index (κ2) is 5.89. The maximum absolute atomic E-state index is 11.3. The number of carbonyl (C=O) groups excluding carboxylic acids is 1. The van der Waals surface area contributed by atoms with Crippen LogP contribution in [0.2, 0.25) is 0 Å². The van der Waals surface area contributed by atoms with E-state index < -0.39 is 0 Å². The van der Waals surface area contributed by atoms with Crippen molar-refractivity contribution in [2.75, 3.05) is 30.8 Å². The molecular weight excluding hydrogens is 206 g/mol. The molecular formula is C10H17N5O. The fraction of sp³-hybridized carbons (Fsp3) is 0.500. The molecule has 6 heteroatoms. The first-order valence-corrected chi connectivity index (χ1v) is 5.20. The SMILES string of the molecule is CCCN(CC(=O)NC)c1cnc(N)cn1. The standard InChI is InChI=1S/C10H17N5O/c1-3-4-15(7-10(16)12-2)9-6-13-8(11)5-14-9/h5-6H,3-4,7H2,1-2H3,(H2,11,13)(H,12,16). The van der Waals surface area contributed by atoms with Crippen molar-refractivity contribution in [3.05, 3.63) is 12.4 Å². The van der Waals surface area contributed by atoms with E-state index >= 15 is 0 Å². The van der Waals surface area contributed by atoms with Gasteiger partial charge in [-0.25, -0.2) is 9.97 Å². The van der Waals surface area contributed by atoms with E-state index in [1.165, 1.54) is 6.20 Å². The number of amides is 1. The van der Waals surface area contributed by atoms with Crippen LogP contribution < -0.4 is 16.0 Å². The highest BCUT2D eigenvalue weighted by molar-refractivity contribution is 5.80. The fourth-order valence-electron chi connectivity index (χ4n) is 1.29. The summed E-state index contributed by atoms with van der Waals surface area (Å²) in [6.07, 6.45) is 4.00. The number of anilines is 2. The van der Waals surface area contributed by atoms with Crippen LogP contribution in [-0.4, -0.2) is 36.0 Å². The monoisotopic (exact) mass is 223 g/mol. The lowest BCUT2D eigenvalue weighted by Crippen LogP contribution is -2.36. The summed E-state index contributed by atoms with van der Waals surface area (Å²) < 4.78 is 0. The zero-order valence-electron chi connectivity index (χ0n) is 9.60. The molecule has 0 radical (unpaired) electrons. The van der Waals surface area contributed by atoms with Gasteiger partial charge in [-0.15, -0.1) is 0 Å². The van der Waals surface area contributed by atoms with Crippen molar-refractivity contribution in [3.63, 3.8) is 0 Å². The van der Waals surface area contributed by atoms with Crippen molar-refractivity contribution < 1.29 is 4.79 Å². The van der Waals surface area contributed by atoms with E-state index in [-0.39, 0.29) is 12.5 Å². The molecule has 0 bridgehead atoms. The first kappa shape index (κ1) is 12.2. The average molecular weight is 223 g/mol. The number of nitrogens with two attached hydrogens (primary N) is 1. The van der Waals surface area contributed by atoms with Gasteiger partial charge in [-0.3, -0.25) is 4.79 Å². The van der Waals surface area contributed by atoms with Crippen LogP contribution in [0, 0.1) is 0 Å². The summed E-state index contributed by atoms with van der Waals surface area (Å²) in [5.74, 6) is 0.992. The Bertz CT molecular complexity index is 338. The van der Waals surface area contributed by atoms with E-state index in [4.69, 9.17) is 5.73 Å². The minimum atomic E-state index is -0.0490. The van der Waals surface area contributed by atoms with Crippen LogP contribution >= 0.6 is 0 Å². The molecule has 0 saturated carbocycles. The van der Waals surface area contributed by atoms with Crippen molar-refractivity contribution in [1.82, 2.24) is 15.3 Å². The molecule has 1 rings (SSSR count). The highest BCUT2D eigenvalue weighted by Crippen LogP contribution is 2.09. The maximum atomic E-state index is 11.3. The van der Waals surface area contributed by atoms with E-state index in [1.54, 1.807) is 13.2 Å². The van der Waals surface area contributed by atoms with E-state index in [2.05, 4.69) is 15.3 Å².